The molecule has 0 saturated heterocycles. The van der Waals surface area contributed by atoms with Gasteiger partial charge in [-0.2, -0.15) is 5.26 Å². The van der Waals surface area contributed by atoms with E-state index in [1.54, 1.807) is 31.4 Å². The van der Waals surface area contributed by atoms with Crippen LogP contribution in [0, 0.1) is 22.7 Å². The Morgan fingerprint density at radius 2 is 2.04 bits per heavy atom. The van der Waals surface area contributed by atoms with Gasteiger partial charge in [0, 0.05) is 30.2 Å². The SMILES string of the molecule is COc1cc(C2c3ccc(NC(C)=O)cc3OC(=N)C2C#N)cc(Br)c1OC. The number of rotatable bonds is 4. The van der Waals surface area contributed by atoms with Gasteiger partial charge in [-0.3, -0.25) is 10.2 Å². The molecule has 1 aliphatic rings. The second kappa shape index (κ2) is 7.90. The molecule has 0 saturated carbocycles. The number of benzene rings is 2. The summed E-state index contributed by atoms with van der Waals surface area (Å²) >= 11 is 3.48. The quantitative estimate of drug-likeness (QED) is 0.740. The fraction of sp³-hybridized carbons (Fsp3) is 0.250. The Labute approximate surface area is 170 Å². The molecule has 2 N–H and O–H groups in total. The van der Waals surface area contributed by atoms with Crippen LogP contribution >= 0.6 is 15.9 Å². The van der Waals surface area contributed by atoms with Gasteiger partial charge in [-0.15, -0.1) is 0 Å². The highest BCUT2D eigenvalue weighted by Gasteiger charge is 2.37. The molecule has 0 fully saturated rings. The van der Waals surface area contributed by atoms with Crippen molar-refractivity contribution in [3.05, 3.63) is 45.9 Å². The summed E-state index contributed by atoms with van der Waals surface area (Å²) in [5.41, 5.74) is 2.08. The van der Waals surface area contributed by atoms with E-state index in [0.717, 1.165) is 11.1 Å². The van der Waals surface area contributed by atoms with Crippen molar-refractivity contribution in [1.82, 2.24) is 0 Å². The molecule has 8 heteroatoms. The predicted octanol–water partition coefficient (Wildman–Crippen LogP) is 4.07. The molecule has 0 bridgehead atoms. The lowest BCUT2D eigenvalue weighted by atomic mass is 9.79. The van der Waals surface area contributed by atoms with Gasteiger partial charge in [-0.1, -0.05) is 6.07 Å². The highest BCUT2D eigenvalue weighted by Crippen LogP contribution is 2.46. The molecule has 28 heavy (non-hydrogen) atoms. The van der Waals surface area contributed by atoms with E-state index in [1.807, 2.05) is 6.07 Å². The Hall–Kier alpha value is -3.05. The van der Waals surface area contributed by atoms with Gasteiger partial charge in [0.1, 0.15) is 11.7 Å². The average molecular weight is 444 g/mol. The molecule has 0 radical (unpaired) electrons. The van der Waals surface area contributed by atoms with Crippen molar-refractivity contribution in [3.8, 4) is 23.3 Å². The number of halogens is 1. The number of anilines is 1. The summed E-state index contributed by atoms with van der Waals surface area (Å²) in [6.45, 7) is 1.41. The van der Waals surface area contributed by atoms with Crippen LogP contribution in [-0.2, 0) is 4.79 Å². The van der Waals surface area contributed by atoms with E-state index in [0.29, 0.717) is 27.4 Å². The number of hydrogen-bond donors (Lipinski definition) is 2. The van der Waals surface area contributed by atoms with Gasteiger partial charge < -0.3 is 19.5 Å². The Morgan fingerprint density at radius 1 is 1.29 bits per heavy atom. The molecule has 3 rings (SSSR count). The van der Waals surface area contributed by atoms with Crippen LogP contribution in [0.1, 0.15) is 24.0 Å². The zero-order valence-corrected chi connectivity index (χ0v) is 17.1. The van der Waals surface area contributed by atoms with Gasteiger partial charge in [0.05, 0.1) is 24.8 Å². The minimum atomic E-state index is -0.802. The number of hydrogen-bond acceptors (Lipinski definition) is 6. The smallest absolute Gasteiger partial charge is 0.221 e. The normalized spacial score (nSPS) is 17.8. The summed E-state index contributed by atoms with van der Waals surface area (Å²) in [6.07, 6.45) is 0. The number of methoxy groups -OCH3 is 2. The van der Waals surface area contributed by atoms with Crippen LogP contribution in [0.5, 0.6) is 17.2 Å². The summed E-state index contributed by atoms with van der Waals surface area (Å²) in [4.78, 5) is 11.3. The molecular weight excluding hydrogens is 426 g/mol. The zero-order valence-electron chi connectivity index (χ0n) is 15.5. The lowest BCUT2D eigenvalue weighted by molar-refractivity contribution is -0.114. The first-order valence-electron chi connectivity index (χ1n) is 8.38. The van der Waals surface area contributed by atoms with E-state index in [4.69, 9.17) is 19.6 Å². The molecular formula is C20H18BrN3O4. The van der Waals surface area contributed by atoms with Gasteiger partial charge in [0.15, 0.2) is 11.5 Å². The first-order chi connectivity index (χ1) is 13.4. The second-order valence-corrected chi connectivity index (χ2v) is 7.08. The van der Waals surface area contributed by atoms with Crippen molar-refractivity contribution in [2.75, 3.05) is 19.5 Å². The maximum absolute atomic E-state index is 11.3. The van der Waals surface area contributed by atoms with E-state index < -0.39 is 11.8 Å². The first-order valence-corrected chi connectivity index (χ1v) is 9.17. The third-order valence-corrected chi connectivity index (χ3v) is 5.05. The van der Waals surface area contributed by atoms with E-state index >= 15 is 0 Å². The van der Waals surface area contributed by atoms with Crippen LogP contribution in [0.3, 0.4) is 0 Å². The topological polar surface area (TPSA) is 104 Å². The summed E-state index contributed by atoms with van der Waals surface area (Å²) in [5, 5.41) is 20.6. The maximum Gasteiger partial charge on any atom is 0.221 e. The monoisotopic (exact) mass is 443 g/mol. The molecule has 2 unspecified atom stereocenters. The minimum Gasteiger partial charge on any atom is -0.493 e. The third kappa shape index (κ3) is 3.53. The van der Waals surface area contributed by atoms with Crippen molar-refractivity contribution in [1.29, 1.82) is 10.7 Å². The molecule has 0 spiro atoms. The van der Waals surface area contributed by atoms with E-state index in [-0.39, 0.29) is 11.8 Å². The summed E-state index contributed by atoms with van der Waals surface area (Å²) in [6, 6.07) is 11.0. The Balaban J connectivity index is 2.17. The first kappa shape index (κ1) is 19.7. The highest BCUT2D eigenvalue weighted by atomic mass is 79.9. The second-order valence-electron chi connectivity index (χ2n) is 6.22. The molecule has 1 heterocycles. The van der Waals surface area contributed by atoms with E-state index in [1.165, 1.54) is 14.0 Å². The number of nitriles is 1. The highest BCUT2D eigenvalue weighted by molar-refractivity contribution is 9.10. The van der Waals surface area contributed by atoms with Crippen LogP contribution < -0.4 is 19.5 Å². The van der Waals surface area contributed by atoms with Crippen LogP contribution in [0.15, 0.2) is 34.8 Å². The lowest BCUT2D eigenvalue weighted by Crippen LogP contribution is -2.31. The van der Waals surface area contributed by atoms with Crippen LogP contribution in [0.4, 0.5) is 5.69 Å². The number of fused-ring (bicyclic) bond motifs is 1. The Bertz CT molecular complexity index is 1000. The van der Waals surface area contributed by atoms with E-state index in [9.17, 15) is 10.1 Å². The molecule has 144 valence electrons. The molecule has 1 amide bonds. The summed E-state index contributed by atoms with van der Waals surface area (Å²) in [5.74, 6) is -0.111. The molecule has 2 aromatic rings. The fourth-order valence-corrected chi connectivity index (χ4v) is 3.92. The van der Waals surface area contributed by atoms with Crippen molar-refractivity contribution in [3.63, 3.8) is 0 Å². The van der Waals surface area contributed by atoms with Gasteiger partial charge in [0.25, 0.3) is 0 Å². The van der Waals surface area contributed by atoms with Gasteiger partial charge in [0.2, 0.25) is 11.8 Å². The molecule has 2 aromatic carbocycles. The van der Waals surface area contributed by atoms with Gasteiger partial charge in [-0.25, -0.2) is 0 Å². The predicted molar refractivity (Wildman–Crippen MR) is 107 cm³/mol. The van der Waals surface area contributed by atoms with Crippen LogP contribution in [-0.4, -0.2) is 26.0 Å². The van der Waals surface area contributed by atoms with Crippen molar-refractivity contribution in [2.45, 2.75) is 12.8 Å². The molecule has 7 nitrogen and oxygen atoms in total. The van der Waals surface area contributed by atoms with Crippen LogP contribution in [0.25, 0.3) is 0 Å². The third-order valence-electron chi connectivity index (χ3n) is 4.46. The number of ether oxygens (including phenoxy) is 3. The molecule has 2 atom stereocenters. The van der Waals surface area contributed by atoms with Gasteiger partial charge >= 0.3 is 0 Å². The van der Waals surface area contributed by atoms with Crippen molar-refractivity contribution >= 4 is 33.4 Å². The Morgan fingerprint density at radius 3 is 2.64 bits per heavy atom. The number of amides is 1. The lowest BCUT2D eigenvalue weighted by Gasteiger charge is -2.31. The number of carbonyl (C=O) groups excluding carboxylic acids is 1. The average Bonchev–Trinajstić information content (AvgIpc) is 2.65. The maximum atomic E-state index is 11.3. The minimum absolute atomic E-state index is 0.147. The number of nitrogens with zero attached hydrogens (tertiary/aromatic N) is 1. The zero-order chi connectivity index (χ0) is 20.4. The molecule has 0 aromatic heterocycles. The van der Waals surface area contributed by atoms with E-state index in [2.05, 4.69) is 27.3 Å². The summed E-state index contributed by atoms with van der Waals surface area (Å²) < 4.78 is 17.0. The standard InChI is InChI=1S/C20H18BrN3O4/c1-10(25)24-12-4-5-13-16(8-12)28-20(23)14(9-22)18(13)11-6-15(21)19(27-3)17(7-11)26-2/h4-8,14,18,23H,1-3H3,(H,24,25). The molecule has 1 aliphatic heterocycles. The largest absolute Gasteiger partial charge is 0.493 e. The Kier molecular flexibility index (Phi) is 5.56. The van der Waals surface area contributed by atoms with Gasteiger partial charge in [-0.05, 0) is 39.7 Å². The molecule has 0 aliphatic carbocycles. The fourth-order valence-electron chi connectivity index (χ4n) is 3.30. The van der Waals surface area contributed by atoms with Crippen molar-refractivity contribution in [2.24, 2.45) is 5.92 Å². The number of nitrogens with one attached hydrogen (secondary N) is 2. The van der Waals surface area contributed by atoms with Crippen molar-refractivity contribution < 1.29 is 19.0 Å². The summed E-state index contributed by atoms with van der Waals surface area (Å²) in [7, 11) is 3.08. The number of carbonyl (C=O) groups is 1. The van der Waals surface area contributed by atoms with Crippen LogP contribution in [0.2, 0.25) is 0 Å².